The summed E-state index contributed by atoms with van der Waals surface area (Å²) in [7, 11) is 0.318. The highest BCUT2D eigenvalue weighted by Gasteiger charge is 2.32. The minimum absolute atomic E-state index is 0.0114. The summed E-state index contributed by atoms with van der Waals surface area (Å²) in [6.45, 7) is -0.0590. The molecule has 0 unspecified atom stereocenters. The first-order chi connectivity index (χ1) is 23.9. The van der Waals surface area contributed by atoms with Crippen LogP contribution in [0.3, 0.4) is 0 Å². The van der Waals surface area contributed by atoms with Crippen molar-refractivity contribution in [2.45, 2.75) is 24.7 Å². The van der Waals surface area contributed by atoms with E-state index in [-0.39, 0.29) is 50.1 Å². The number of hydrazine groups is 1. The van der Waals surface area contributed by atoms with E-state index in [4.69, 9.17) is 27.0 Å². The molecule has 13 heteroatoms. The molecule has 49 heavy (non-hydrogen) atoms. The second kappa shape index (κ2) is 15.2. The smallest absolute Gasteiger partial charge is 0.436 e. The molecule has 4 aromatic rings. The minimum Gasteiger partial charge on any atom is -0.473 e. The molecule has 0 heterocycles. The Hall–Kier alpha value is -5.45. The molecule has 0 aliphatic heterocycles. The van der Waals surface area contributed by atoms with Crippen LogP contribution in [0.2, 0.25) is 0 Å². The molecule has 4 aromatic carbocycles. The van der Waals surface area contributed by atoms with Crippen molar-refractivity contribution in [3.05, 3.63) is 119 Å². The summed E-state index contributed by atoms with van der Waals surface area (Å²) >= 11 is 4.79. The standard InChI is InChI=1S/C36H32N5O6PS/c37-34(38-35(44)46-20-30-26-14-5-1-10-22(26)23-11-2-6-15-27(23)30)41(19-9-18-32(33(42)43)39-40-48-49)36(45)47-21-31-28-16-7-3-12-24(28)25-13-4-8-17-29(25)31/h1-8,10-17,30-31H,9,18-21H2,(H,40,49)(H,42,43)(H2,37,38,44)/p+1. The van der Waals surface area contributed by atoms with Crippen LogP contribution in [-0.4, -0.2) is 59.6 Å². The molecule has 248 valence electrons. The fourth-order valence-corrected chi connectivity index (χ4v) is 6.80. The van der Waals surface area contributed by atoms with E-state index in [0.29, 0.717) is 7.51 Å². The van der Waals surface area contributed by atoms with Gasteiger partial charge >= 0.3 is 18.2 Å². The Morgan fingerprint density at radius 3 is 1.69 bits per heavy atom. The van der Waals surface area contributed by atoms with E-state index >= 15 is 0 Å². The number of hydrazone groups is 1. The molecule has 5 N–H and O–H groups in total. The maximum atomic E-state index is 13.6. The fraction of sp³-hybridized carbons (Fsp3) is 0.194. The summed E-state index contributed by atoms with van der Waals surface area (Å²) < 4.78 is 11.4. The van der Waals surface area contributed by atoms with Crippen LogP contribution in [0, 0.1) is 0 Å². The molecule has 0 aromatic heterocycles. The number of nitrogens with one attached hydrogen (secondary N) is 2. The molecule has 0 radical (unpaired) electrons. The number of aliphatic carboxylic acids is 1. The quantitative estimate of drug-likeness (QED) is 0.0755. The summed E-state index contributed by atoms with van der Waals surface area (Å²) in [5.41, 5.74) is 14.7. The van der Waals surface area contributed by atoms with Crippen molar-refractivity contribution >= 4 is 49.1 Å². The lowest BCUT2D eigenvalue weighted by atomic mass is 9.98. The number of nitrogens with zero attached hydrogens (tertiary/aromatic N) is 2. The molecule has 6 rings (SSSR count). The Labute approximate surface area is 289 Å². The van der Waals surface area contributed by atoms with Crippen LogP contribution in [0.25, 0.3) is 22.3 Å². The molecule has 2 aliphatic rings. The summed E-state index contributed by atoms with van der Waals surface area (Å²) in [5.74, 6) is -2.01. The Morgan fingerprint density at radius 2 is 1.24 bits per heavy atom. The Balaban J connectivity index is 1.17. The van der Waals surface area contributed by atoms with E-state index < -0.39 is 24.1 Å². The van der Waals surface area contributed by atoms with Gasteiger partial charge in [0.1, 0.15) is 13.2 Å². The summed E-state index contributed by atoms with van der Waals surface area (Å²) in [4.78, 5) is 43.2. The van der Waals surface area contributed by atoms with Gasteiger partial charge in [-0.3, -0.25) is 0 Å². The third-order valence-corrected chi connectivity index (χ3v) is 9.17. The average Bonchev–Trinajstić information content (AvgIpc) is 3.61. The fourth-order valence-electron chi connectivity index (χ4n) is 6.48. The number of hydrogen-bond acceptors (Lipinski definition) is 6. The van der Waals surface area contributed by atoms with Crippen LogP contribution in [-0.2, 0) is 26.1 Å². The normalized spacial score (nSPS) is 13.6. The van der Waals surface area contributed by atoms with Gasteiger partial charge in [-0.15, -0.1) is 15.3 Å². The number of hydrogen-bond donors (Lipinski definition) is 4. The number of amides is 2. The zero-order valence-electron chi connectivity index (χ0n) is 26.2. The Morgan fingerprint density at radius 1 is 0.796 bits per heavy atom. The van der Waals surface area contributed by atoms with Crippen LogP contribution in [0.1, 0.15) is 46.9 Å². The van der Waals surface area contributed by atoms with E-state index in [0.717, 1.165) is 49.4 Å². The number of ether oxygens (including phenoxy) is 2. The number of fused-ring (bicyclic) bond motifs is 6. The number of carboxylic acids is 1. The molecular formula is C36H33N5O6PS+. The largest absolute Gasteiger partial charge is 0.473 e. The van der Waals surface area contributed by atoms with Gasteiger partial charge in [0, 0.05) is 24.8 Å². The lowest BCUT2D eigenvalue weighted by molar-refractivity contribution is -0.497. The van der Waals surface area contributed by atoms with Gasteiger partial charge in [-0.1, -0.05) is 97.1 Å². The number of carbonyl (C=O) groups excluding carboxylic acids is 2. The molecular weight excluding hydrogens is 661 g/mol. The van der Waals surface area contributed by atoms with Gasteiger partial charge in [0.25, 0.3) is 5.71 Å². The summed E-state index contributed by atoms with van der Waals surface area (Å²) in [6.07, 6.45) is -1.63. The number of carboxylic acid groups (broad SMARTS) is 1. The lowest BCUT2D eigenvalue weighted by Gasteiger charge is -2.22. The van der Waals surface area contributed by atoms with Crippen molar-refractivity contribution in [2.24, 2.45) is 10.7 Å². The minimum atomic E-state index is -1.18. The van der Waals surface area contributed by atoms with E-state index in [2.05, 4.69) is 15.3 Å². The first kappa shape index (κ1) is 33.5. The predicted molar refractivity (Wildman–Crippen MR) is 189 cm³/mol. The van der Waals surface area contributed by atoms with Gasteiger partial charge < -0.3 is 20.3 Å². The van der Waals surface area contributed by atoms with Crippen molar-refractivity contribution in [3.8, 4) is 22.3 Å². The second-order valence-electron chi connectivity index (χ2n) is 11.4. The Bertz CT molecular complexity index is 1890. The molecule has 0 atom stereocenters. The third-order valence-electron chi connectivity index (χ3n) is 8.69. The molecule has 0 spiro atoms. The van der Waals surface area contributed by atoms with Crippen molar-refractivity contribution in [2.75, 3.05) is 19.8 Å². The van der Waals surface area contributed by atoms with Gasteiger partial charge in [-0.05, 0) is 62.7 Å². The zero-order chi connectivity index (χ0) is 34.3. The Kier molecular flexibility index (Phi) is 10.4. The summed E-state index contributed by atoms with van der Waals surface area (Å²) in [6, 6.07) is 31.8. The van der Waals surface area contributed by atoms with Crippen molar-refractivity contribution in [1.82, 2.24) is 10.1 Å². The van der Waals surface area contributed by atoms with E-state index in [9.17, 15) is 19.5 Å². The van der Waals surface area contributed by atoms with Crippen LogP contribution in [0.5, 0.6) is 0 Å². The van der Waals surface area contributed by atoms with Crippen LogP contribution in [0.15, 0.2) is 102 Å². The van der Waals surface area contributed by atoms with E-state index in [1.165, 1.54) is 0 Å². The third kappa shape index (κ3) is 7.20. The SMILES string of the molecule is NC(=NC(=O)OCC1c2ccccc2-c2ccccc21)N(CCCC(=[NH+]NP=S)C(=O)O)C(=O)OCC1c2ccccc2-c2ccccc21. The molecule has 0 saturated heterocycles. The lowest BCUT2D eigenvalue weighted by Crippen LogP contribution is -2.81. The summed E-state index contributed by atoms with van der Waals surface area (Å²) in [5, 5.41) is 14.7. The van der Waals surface area contributed by atoms with Crippen molar-refractivity contribution < 1.29 is 34.1 Å². The number of carbonyl (C=O) groups is 3. The first-order valence-electron chi connectivity index (χ1n) is 15.6. The molecule has 2 aliphatic carbocycles. The van der Waals surface area contributed by atoms with E-state index in [1.807, 2.05) is 97.1 Å². The average molecular weight is 695 g/mol. The van der Waals surface area contributed by atoms with Crippen LogP contribution >= 0.6 is 7.51 Å². The van der Waals surface area contributed by atoms with Crippen LogP contribution < -0.4 is 16.0 Å². The number of benzene rings is 4. The predicted octanol–water partition coefficient (Wildman–Crippen LogP) is 4.72. The van der Waals surface area contributed by atoms with Gasteiger partial charge in [0.2, 0.25) is 5.96 Å². The van der Waals surface area contributed by atoms with Crippen molar-refractivity contribution in [1.29, 1.82) is 0 Å². The first-order valence-corrected chi connectivity index (χ1v) is 17.5. The molecule has 0 bridgehead atoms. The highest BCUT2D eigenvalue weighted by molar-refractivity contribution is 7.95. The van der Waals surface area contributed by atoms with Crippen LogP contribution in [0.4, 0.5) is 9.59 Å². The number of aliphatic imine (C=N–C) groups is 1. The number of guanidine groups is 1. The topological polar surface area (TPSA) is 158 Å². The number of rotatable bonds is 11. The van der Waals surface area contributed by atoms with Gasteiger partial charge in [-0.25, -0.2) is 19.3 Å². The van der Waals surface area contributed by atoms with Gasteiger partial charge in [-0.2, -0.15) is 0 Å². The van der Waals surface area contributed by atoms with E-state index in [1.54, 1.807) is 0 Å². The second-order valence-corrected chi connectivity index (χ2v) is 12.4. The molecule has 11 nitrogen and oxygen atoms in total. The monoisotopic (exact) mass is 694 g/mol. The van der Waals surface area contributed by atoms with Gasteiger partial charge in [0.05, 0.1) is 0 Å². The maximum Gasteiger partial charge on any atom is 0.436 e. The number of nitrogens with two attached hydrogens (primary N) is 1. The van der Waals surface area contributed by atoms with Crippen molar-refractivity contribution in [3.63, 3.8) is 0 Å². The highest BCUT2D eigenvalue weighted by atomic mass is 32.4. The molecule has 0 fully saturated rings. The highest BCUT2D eigenvalue weighted by Crippen LogP contribution is 2.45. The van der Waals surface area contributed by atoms with Gasteiger partial charge in [0.15, 0.2) is 7.51 Å². The zero-order valence-corrected chi connectivity index (χ0v) is 28.0. The molecule has 0 saturated carbocycles. The maximum absolute atomic E-state index is 13.6. The molecule has 2 amide bonds.